The minimum atomic E-state index is -0.190. The number of nitrogens with zero attached hydrogens (tertiary/aromatic N) is 2. The van der Waals surface area contributed by atoms with Crippen LogP contribution in [0.1, 0.15) is 42.5 Å². The van der Waals surface area contributed by atoms with Crippen LogP contribution in [-0.4, -0.2) is 16.3 Å². The Morgan fingerprint density at radius 3 is 2.70 bits per heavy atom. The quantitative estimate of drug-likeness (QED) is 0.876. The predicted octanol–water partition coefficient (Wildman–Crippen LogP) is 3.06. The van der Waals surface area contributed by atoms with Gasteiger partial charge in [0.25, 0.3) is 0 Å². The maximum absolute atomic E-state index is 13.0. The maximum atomic E-state index is 13.0. The van der Waals surface area contributed by atoms with Gasteiger partial charge in [-0.1, -0.05) is 19.1 Å². The van der Waals surface area contributed by atoms with Crippen LogP contribution >= 0.6 is 0 Å². The molecule has 0 aliphatic heterocycles. The summed E-state index contributed by atoms with van der Waals surface area (Å²) in [5.41, 5.74) is 3.75. The van der Waals surface area contributed by atoms with Gasteiger partial charge in [0.05, 0.1) is 12.7 Å². The van der Waals surface area contributed by atoms with Crippen LogP contribution in [0.3, 0.4) is 0 Å². The predicted molar refractivity (Wildman–Crippen MR) is 77.1 cm³/mol. The van der Waals surface area contributed by atoms with Gasteiger partial charge in [0, 0.05) is 23.7 Å². The highest BCUT2D eigenvalue weighted by atomic mass is 19.1. The monoisotopic (exact) mass is 273 g/mol. The standard InChI is InChI=1S/C16H20FN3/c1-2-18-9-14-10-19-20(16(14)13-5-6-13)11-12-3-7-15(17)8-4-12/h3-4,7-8,10,13,18H,2,5-6,9,11H2,1H3. The van der Waals surface area contributed by atoms with Gasteiger partial charge in [-0.25, -0.2) is 4.39 Å². The third-order valence-corrected chi connectivity index (χ3v) is 3.74. The zero-order valence-corrected chi connectivity index (χ0v) is 11.8. The Kier molecular flexibility index (Phi) is 3.83. The summed E-state index contributed by atoms with van der Waals surface area (Å²) >= 11 is 0. The van der Waals surface area contributed by atoms with E-state index in [0.717, 1.165) is 25.2 Å². The van der Waals surface area contributed by atoms with Crippen molar-refractivity contribution in [3.05, 3.63) is 53.1 Å². The number of nitrogens with one attached hydrogen (secondary N) is 1. The second-order valence-electron chi connectivity index (χ2n) is 5.39. The molecule has 1 heterocycles. The van der Waals surface area contributed by atoms with Gasteiger partial charge < -0.3 is 5.32 Å². The van der Waals surface area contributed by atoms with Gasteiger partial charge in [-0.2, -0.15) is 5.10 Å². The first kappa shape index (κ1) is 13.3. The van der Waals surface area contributed by atoms with E-state index >= 15 is 0 Å². The van der Waals surface area contributed by atoms with Crippen LogP contribution in [0.5, 0.6) is 0 Å². The number of aromatic nitrogens is 2. The molecule has 3 nitrogen and oxygen atoms in total. The molecule has 1 saturated carbocycles. The van der Waals surface area contributed by atoms with Gasteiger partial charge >= 0.3 is 0 Å². The minimum absolute atomic E-state index is 0.190. The van der Waals surface area contributed by atoms with Gasteiger partial charge in [-0.05, 0) is 37.1 Å². The number of benzene rings is 1. The summed E-state index contributed by atoms with van der Waals surface area (Å²) in [4.78, 5) is 0. The Morgan fingerprint density at radius 1 is 1.30 bits per heavy atom. The zero-order valence-electron chi connectivity index (χ0n) is 11.8. The van der Waals surface area contributed by atoms with E-state index in [1.54, 1.807) is 0 Å². The van der Waals surface area contributed by atoms with Gasteiger partial charge in [0.15, 0.2) is 0 Å². The van der Waals surface area contributed by atoms with E-state index in [4.69, 9.17) is 0 Å². The molecule has 1 fully saturated rings. The first-order valence-corrected chi connectivity index (χ1v) is 7.27. The first-order valence-electron chi connectivity index (χ1n) is 7.27. The Hall–Kier alpha value is -1.68. The molecule has 0 unspecified atom stereocenters. The highest BCUT2D eigenvalue weighted by Crippen LogP contribution is 2.41. The van der Waals surface area contributed by atoms with E-state index in [1.807, 2.05) is 18.3 Å². The van der Waals surface area contributed by atoms with Crippen molar-refractivity contribution in [2.45, 2.75) is 38.8 Å². The fraction of sp³-hybridized carbons (Fsp3) is 0.438. The van der Waals surface area contributed by atoms with Gasteiger partial charge in [0.1, 0.15) is 5.82 Å². The molecule has 1 N–H and O–H groups in total. The molecule has 3 rings (SSSR count). The molecule has 1 aliphatic carbocycles. The number of hydrogen-bond donors (Lipinski definition) is 1. The lowest BCUT2D eigenvalue weighted by atomic mass is 10.1. The van der Waals surface area contributed by atoms with E-state index in [1.165, 1.54) is 36.2 Å². The molecule has 0 bridgehead atoms. The Morgan fingerprint density at radius 2 is 2.05 bits per heavy atom. The van der Waals surface area contributed by atoms with Gasteiger partial charge in [-0.3, -0.25) is 4.68 Å². The van der Waals surface area contributed by atoms with E-state index in [-0.39, 0.29) is 5.82 Å². The molecular formula is C16H20FN3. The molecule has 0 amide bonds. The second kappa shape index (κ2) is 5.75. The highest BCUT2D eigenvalue weighted by Gasteiger charge is 2.29. The largest absolute Gasteiger partial charge is 0.313 e. The lowest BCUT2D eigenvalue weighted by molar-refractivity contribution is 0.619. The van der Waals surface area contributed by atoms with Crippen molar-refractivity contribution >= 4 is 0 Å². The second-order valence-corrected chi connectivity index (χ2v) is 5.39. The van der Waals surface area contributed by atoms with Crippen LogP contribution < -0.4 is 5.32 Å². The number of halogens is 1. The van der Waals surface area contributed by atoms with Crippen molar-refractivity contribution in [3.8, 4) is 0 Å². The van der Waals surface area contributed by atoms with Crippen LogP contribution in [-0.2, 0) is 13.1 Å². The van der Waals surface area contributed by atoms with Crippen molar-refractivity contribution in [2.75, 3.05) is 6.54 Å². The third kappa shape index (κ3) is 2.90. The van der Waals surface area contributed by atoms with Crippen molar-refractivity contribution in [1.29, 1.82) is 0 Å². The van der Waals surface area contributed by atoms with Crippen LogP contribution in [0, 0.1) is 5.82 Å². The molecule has 0 spiro atoms. The van der Waals surface area contributed by atoms with Crippen LogP contribution in [0.15, 0.2) is 30.5 Å². The van der Waals surface area contributed by atoms with E-state index in [2.05, 4.69) is 22.0 Å². The molecule has 4 heteroatoms. The summed E-state index contributed by atoms with van der Waals surface area (Å²) in [5, 5.41) is 7.90. The fourth-order valence-electron chi connectivity index (χ4n) is 2.55. The Bertz CT molecular complexity index is 570. The zero-order chi connectivity index (χ0) is 13.9. The van der Waals surface area contributed by atoms with Crippen molar-refractivity contribution < 1.29 is 4.39 Å². The SMILES string of the molecule is CCNCc1cnn(Cc2ccc(F)cc2)c1C1CC1. The fourth-order valence-corrected chi connectivity index (χ4v) is 2.55. The van der Waals surface area contributed by atoms with Gasteiger partial charge in [0.2, 0.25) is 0 Å². The summed E-state index contributed by atoms with van der Waals surface area (Å²) in [6, 6.07) is 6.68. The topological polar surface area (TPSA) is 29.9 Å². The average molecular weight is 273 g/mol. The minimum Gasteiger partial charge on any atom is -0.313 e. The molecule has 0 atom stereocenters. The average Bonchev–Trinajstić information content (AvgIpc) is 3.21. The normalized spacial score (nSPS) is 14.7. The lowest BCUT2D eigenvalue weighted by Gasteiger charge is -2.09. The Labute approximate surface area is 118 Å². The van der Waals surface area contributed by atoms with Crippen molar-refractivity contribution in [2.24, 2.45) is 0 Å². The molecule has 1 aliphatic rings. The van der Waals surface area contributed by atoms with Crippen LogP contribution in [0.2, 0.25) is 0 Å². The van der Waals surface area contributed by atoms with E-state index < -0.39 is 0 Å². The molecule has 1 aromatic carbocycles. The maximum Gasteiger partial charge on any atom is 0.123 e. The molecule has 0 saturated heterocycles. The smallest absolute Gasteiger partial charge is 0.123 e. The Balaban J connectivity index is 1.81. The highest BCUT2D eigenvalue weighted by molar-refractivity contribution is 5.27. The van der Waals surface area contributed by atoms with E-state index in [9.17, 15) is 4.39 Å². The molecule has 1 aromatic heterocycles. The molecule has 0 radical (unpaired) electrons. The molecule has 2 aromatic rings. The lowest BCUT2D eigenvalue weighted by Crippen LogP contribution is -2.13. The number of rotatable bonds is 6. The van der Waals surface area contributed by atoms with Crippen LogP contribution in [0.25, 0.3) is 0 Å². The summed E-state index contributed by atoms with van der Waals surface area (Å²) < 4.78 is 15.0. The molecular weight excluding hydrogens is 253 g/mol. The third-order valence-electron chi connectivity index (χ3n) is 3.74. The molecule has 106 valence electrons. The van der Waals surface area contributed by atoms with E-state index in [0.29, 0.717) is 5.92 Å². The summed E-state index contributed by atoms with van der Waals surface area (Å²) in [5.74, 6) is 0.469. The number of hydrogen-bond acceptors (Lipinski definition) is 2. The summed E-state index contributed by atoms with van der Waals surface area (Å²) in [7, 11) is 0. The first-order chi connectivity index (χ1) is 9.78. The summed E-state index contributed by atoms with van der Waals surface area (Å²) in [6.45, 7) is 4.68. The van der Waals surface area contributed by atoms with Gasteiger partial charge in [-0.15, -0.1) is 0 Å². The molecule has 20 heavy (non-hydrogen) atoms. The van der Waals surface area contributed by atoms with Crippen molar-refractivity contribution in [1.82, 2.24) is 15.1 Å². The van der Waals surface area contributed by atoms with Crippen LogP contribution in [0.4, 0.5) is 4.39 Å². The van der Waals surface area contributed by atoms with Crippen molar-refractivity contribution in [3.63, 3.8) is 0 Å². The summed E-state index contributed by atoms with van der Waals surface area (Å²) in [6.07, 6.45) is 4.49.